The summed E-state index contributed by atoms with van der Waals surface area (Å²) in [5, 5.41) is 0. The second-order valence-electron chi connectivity index (χ2n) is 7.22. The number of carbonyl (C=O) groups is 1. The summed E-state index contributed by atoms with van der Waals surface area (Å²) in [4.78, 5) is 14.8. The number of rotatable bonds is 9. The number of nitrogens with zero attached hydrogens (tertiary/aromatic N) is 1. The number of piperidine rings is 1. The van der Waals surface area contributed by atoms with Crippen LogP contribution in [0.5, 0.6) is 11.5 Å². The molecule has 154 valence electrons. The van der Waals surface area contributed by atoms with Crippen LogP contribution >= 0.6 is 15.9 Å². The average Bonchev–Trinajstić information content (AvgIpc) is 2.76. The highest BCUT2D eigenvalue weighted by Gasteiger charge is 2.10. The van der Waals surface area contributed by atoms with Gasteiger partial charge in [-0.15, -0.1) is 0 Å². The van der Waals surface area contributed by atoms with Gasteiger partial charge in [0.25, 0.3) is 0 Å². The lowest BCUT2D eigenvalue weighted by molar-refractivity contribution is 0.104. The Morgan fingerprint density at radius 1 is 1.07 bits per heavy atom. The van der Waals surface area contributed by atoms with E-state index in [2.05, 4.69) is 20.8 Å². The van der Waals surface area contributed by atoms with E-state index in [0.717, 1.165) is 28.8 Å². The number of hydrogen-bond donors (Lipinski definition) is 0. The van der Waals surface area contributed by atoms with Crippen LogP contribution in [-0.4, -0.2) is 44.0 Å². The SMILES string of the molecule is COc1cc(/C=C/C(=O)c2ccc(Br)cc2)ccc1OCCCN1CCCCC1. The Kier molecular flexibility index (Phi) is 8.32. The van der Waals surface area contributed by atoms with E-state index < -0.39 is 0 Å². The molecule has 2 aromatic rings. The second kappa shape index (κ2) is 11.2. The smallest absolute Gasteiger partial charge is 0.185 e. The molecule has 0 amide bonds. The van der Waals surface area contributed by atoms with Crippen LogP contribution in [0.15, 0.2) is 53.0 Å². The fraction of sp³-hybridized carbons (Fsp3) is 0.375. The quantitative estimate of drug-likeness (QED) is 0.278. The third kappa shape index (κ3) is 6.72. The lowest BCUT2D eigenvalue weighted by atomic mass is 10.1. The first-order valence-electron chi connectivity index (χ1n) is 10.2. The number of likely N-dealkylation sites (tertiary alicyclic amines) is 1. The molecule has 1 saturated heterocycles. The summed E-state index contributed by atoms with van der Waals surface area (Å²) in [6.07, 6.45) is 8.37. The molecule has 1 aliphatic rings. The lowest BCUT2D eigenvalue weighted by Crippen LogP contribution is -2.31. The van der Waals surface area contributed by atoms with Crippen LogP contribution in [0.2, 0.25) is 0 Å². The highest BCUT2D eigenvalue weighted by Crippen LogP contribution is 2.29. The third-order valence-corrected chi connectivity index (χ3v) is 5.60. The Labute approximate surface area is 181 Å². The van der Waals surface area contributed by atoms with E-state index in [9.17, 15) is 4.79 Å². The molecule has 5 heteroatoms. The van der Waals surface area contributed by atoms with Gasteiger partial charge in [0.15, 0.2) is 17.3 Å². The third-order valence-electron chi connectivity index (χ3n) is 5.07. The number of ether oxygens (including phenoxy) is 2. The minimum absolute atomic E-state index is 0.0329. The van der Waals surface area contributed by atoms with Gasteiger partial charge in [0.05, 0.1) is 13.7 Å². The van der Waals surface area contributed by atoms with Crippen molar-refractivity contribution in [1.29, 1.82) is 0 Å². The normalized spacial score (nSPS) is 14.8. The highest BCUT2D eigenvalue weighted by molar-refractivity contribution is 9.10. The molecular formula is C24H28BrNO3. The molecule has 0 bridgehead atoms. The number of ketones is 1. The zero-order valence-corrected chi connectivity index (χ0v) is 18.5. The van der Waals surface area contributed by atoms with Gasteiger partial charge in [-0.05, 0) is 80.4 Å². The summed E-state index contributed by atoms with van der Waals surface area (Å²) < 4.78 is 12.4. The molecule has 0 saturated carbocycles. The summed E-state index contributed by atoms with van der Waals surface area (Å²) in [5.74, 6) is 1.39. The van der Waals surface area contributed by atoms with E-state index in [-0.39, 0.29) is 5.78 Å². The van der Waals surface area contributed by atoms with Crippen molar-refractivity contribution in [2.75, 3.05) is 33.4 Å². The molecule has 29 heavy (non-hydrogen) atoms. The molecule has 1 fully saturated rings. The fourth-order valence-electron chi connectivity index (χ4n) is 3.44. The molecule has 4 nitrogen and oxygen atoms in total. The van der Waals surface area contributed by atoms with Crippen LogP contribution in [0.4, 0.5) is 0 Å². The molecule has 0 atom stereocenters. The molecule has 1 heterocycles. The van der Waals surface area contributed by atoms with Gasteiger partial charge in [-0.25, -0.2) is 0 Å². The first-order chi connectivity index (χ1) is 14.2. The van der Waals surface area contributed by atoms with Crippen LogP contribution in [0.25, 0.3) is 6.08 Å². The zero-order chi connectivity index (χ0) is 20.5. The van der Waals surface area contributed by atoms with Crippen molar-refractivity contribution in [1.82, 2.24) is 4.90 Å². The molecular weight excluding hydrogens is 430 g/mol. The fourth-order valence-corrected chi connectivity index (χ4v) is 3.71. The molecule has 0 aromatic heterocycles. The minimum atomic E-state index is -0.0329. The summed E-state index contributed by atoms with van der Waals surface area (Å²) in [7, 11) is 1.64. The standard InChI is InChI=1S/C24H28BrNO3/c1-28-24-18-19(6-12-22(27)20-8-10-21(25)11-9-20)7-13-23(24)29-17-5-16-26-14-3-2-4-15-26/h6-13,18H,2-5,14-17H2,1H3/b12-6+. The topological polar surface area (TPSA) is 38.8 Å². The summed E-state index contributed by atoms with van der Waals surface area (Å²) in [6.45, 7) is 4.18. The Morgan fingerprint density at radius 2 is 1.83 bits per heavy atom. The van der Waals surface area contributed by atoms with Gasteiger partial charge >= 0.3 is 0 Å². The number of hydrogen-bond acceptors (Lipinski definition) is 4. The van der Waals surface area contributed by atoms with Gasteiger partial charge in [0.1, 0.15) is 0 Å². The Balaban J connectivity index is 1.53. The van der Waals surface area contributed by atoms with Gasteiger partial charge < -0.3 is 14.4 Å². The molecule has 2 aromatic carbocycles. The molecule has 0 unspecified atom stereocenters. The maximum atomic E-state index is 12.3. The monoisotopic (exact) mass is 457 g/mol. The largest absolute Gasteiger partial charge is 0.493 e. The number of halogens is 1. The van der Waals surface area contributed by atoms with Gasteiger partial charge in [0.2, 0.25) is 0 Å². The van der Waals surface area contributed by atoms with Crippen LogP contribution in [0.3, 0.4) is 0 Å². The maximum absolute atomic E-state index is 12.3. The number of allylic oxidation sites excluding steroid dienone is 1. The first kappa shape index (κ1) is 21.6. The van der Waals surface area contributed by atoms with E-state index >= 15 is 0 Å². The van der Waals surface area contributed by atoms with Gasteiger partial charge in [-0.2, -0.15) is 0 Å². The maximum Gasteiger partial charge on any atom is 0.185 e. The zero-order valence-electron chi connectivity index (χ0n) is 16.9. The number of methoxy groups -OCH3 is 1. The highest BCUT2D eigenvalue weighted by atomic mass is 79.9. The van der Waals surface area contributed by atoms with Crippen molar-refractivity contribution in [3.8, 4) is 11.5 Å². The first-order valence-corrected chi connectivity index (χ1v) is 11.0. The van der Waals surface area contributed by atoms with E-state index in [1.165, 1.54) is 32.4 Å². The lowest BCUT2D eigenvalue weighted by Gasteiger charge is -2.26. The second-order valence-corrected chi connectivity index (χ2v) is 8.13. The molecule has 0 N–H and O–H groups in total. The van der Waals surface area contributed by atoms with Crippen LogP contribution in [0.1, 0.15) is 41.6 Å². The van der Waals surface area contributed by atoms with E-state index in [4.69, 9.17) is 9.47 Å². The molecule has 3 rings (SSSR count). The summed E-state index contributed by atoms with van der Waals surface area (Å²) in [6, 6.07) is 13.1. The number of carbonyl (C=O) groups excluding carboxylic acids is 1. The van der Waals surface area contributed by atoms with Crippen molar-refractivity contribution >= 4 is 27.8 Å². The summed E-state index contributed by atoms with van der Waals surface area (Å²) >= 11 is 3.38. The Hall–Kier alpha value is -2.11. The van der Waals surface area contributed by atoms with Crippen molar-refractivity contribution in [2.24, 2.45) is 0 Å². The number of benzene rings is 2. The van der Waals surface area contributed by atoms with Crippen molar-refractivity contribution < 1.29 is 14.3 Å². The van der Waals surface area contributed by atoms with Crippen molar-refractivity contribution in [3.05, 3.63) is 64.1 Å². The van der Waals surface area contributed by atoms with Gasteiger partial charge in [-0.3, -0.25) is 4.79 Å². The summed E-state index contributed by atoms with van der Waals surface area (Å²) in [5.41, 5.74) is 1.55. The predicted molar refractivity (Wildman–Crippen MR) is 121 cm³/mol. The van der Waals surface area contributed by atoms with Crippen molar-refractivity contribution in [3.63, 3.8) is 0 Å². The van der Waals surface area contributed by atoms with Crippen LogP contribution in [0, 0.1) is 0 Å². The minimum Gasteiger partial charge on any atom is -0.493 e. The predicted octanol–water partition coefficient (Wildman–Crippen LogP) is 5.61. The Morgan fingerprint density at radius 3 is 2.55 bits per heavy atom. The Bertz CT molecular complexity index is 827. The van der Waals surface area contributed by atoms with Crippen LogP contribution in [-0.2, 0) is 0 Å². The van der Waals surface area contributed by atoms with Crippen molar-refractivity contribution in [2.45, 2.75) is 25.7 Å². The van der Waals surface area contributed by atoms with Gasteiger partial charge in [0, 0.05) is 16.6 Å². The molecule has 0 aliphatic carbocycles. The van der Waals surface area contributed by atoms with Gasteiger partial charge in [-0.1, -0.05) is 34.5 Å². The molecule has 0 spiro atoms. The average molecular weight is 458 g/mol. The van der Waals surface area contributed by atoms with E-state index in [1.54, 1.807) is 31.4 Å². The van der Waals surface area contributed by atoms with Crippen LogP contribution < -0.4 is 9.47 Å². The molecule has 1 aliphatic heterocycles. The van der Waals surface area contributed by atoms with E-state index in [0.29, 0.717) is 17.9 Å². The van der Waals surface area contributed by atoms with E-state index in [1.807, 2.05) is 30.3 Å². The molecule has 0 radical (unpaired) electrons.